The molecule has 0 atom stereocenters. The third-order valence-corrected chi connectivity index (χ3v) is 2.32. The number of hydrogen-bond acceptors (Lipinski definition) is 3. The Morgan fingerprint density at radius 1 is 1.44 bits per heavy atom. The molecule has 4 heteroatoms. The van der Waals surface area contributed by atoms with Gasteiger partial charge in [-0.2, -0.15) is 0 Å². The summed E-state index contributed by atoms with van der Waals surface area (Å²) >= 11 is 0. The zero-order valence-electron chi connectivity index (χ0n) is 9.14. The van der Waals surface area contributed by atoms with E-state index in [4.69, 9.17) is 4.42 Å². The Labute approximate surface area is 93.9 Å². The van der Waals surface area contributed by atoms with Crippen LogP contribution in [0, 0.1) is 0 Å². The van der Waals surface area contributed by atoms with E-state index in [2.05, 4.69) is 4.98 Å². The summed E-state index contributed by atoms with van der Waals surface area (Å²) in [5, 5.41) is 0. The minimum absolute atomic E-state index is 0.0825. The number of nitrogens with zero attached hydrogens (tertiary/aromatic N) is 1. The molecule has 0 spiro atoms. The van der Waals surface area contributed by atoms with Crippen molar-refractivity contribution < 1.29 is 9.21 Å². The van der Waals surface area contributed by atoms with Crippen LogP contribution in [0.5, 0.6) is 0 Å². The van der Waals surface area contributed by atoms with Gasteiger partial charge >= 0.3 is 0 Å². The molecule has 0 fully saturated rings. The topological polar surface area (TPSA) is 49.2 Å². The first-order chi connectivity index (χ1) is 7.75. The molecule has 2 heterocycles. The lowest BCUT2D eigenvalue weighted by Gasteiger charge is -2.13. The zero-order chi connectivity index (χ0) is 11.4. The van der Waals surface area contributed by atoms with E-state index in [0.717, 1.165) is 5.76 Å². The van der Waals surface area contributed by atoms with Gasteiger partial charge in [0, 0.05) is 6.20 Å². The molecule has 84 valence electrons. The second kappa shape index (κ2) is 4.81. The molecule has 2 aromatic rings. The summed E-state index contributed by atoms with van der Waals surface area (Å²) < 4.78 is 5.22. The molecule has 0 aliphatic rings. The van der Waals surface area contributed by atoms with Crippen molar-refractivity contribution in [1.82, 2.24) is 9.88 Å². The number of aromatic amines is 1. The second-order valence-corrected chi connectivity index (χ2v) is 3.76. The summed E-state index contributed by atoms with van der Waals surface area (Å²) in [6.07, 6.45) is 3.38. The number of Topliss-reactive ketones (excluding diaryl/α,β-unsaturated/α-hetero) is 1. The predicted molar refractivity (Wildman–Crippen MR) is 60.2 cm³/mol. The molecule has 0 aliphatic heterocycles. The standard InChI is InChI=1S/C12H14N2O2/c1-14(8-10-4-3-7-16-10)9-12(15)11-5-2-6-13-11/h2-7,13H,8-9H2,1H3. The first-order valence-electron chi connectivity index (χ1n) is 5.13. The lowest BCUT2D eigenvalue weighted by molar-refractivity contribution is 0.0935. The first kappa shape index (κ1) is 10.7. The van der Waals surface area contributed by atoms with E-state index in [1.807, 2.05) is 30.1 Å². The van der Waals surface area contributed by atoms with Gasteiger partial charge in [0.2, 0.25) is 0 Å². The fourth-order valence-electron chi connectivity index (χ4n) is 1.56. The minimum atomic E-state index is 0.0825. The molecule has 0 unspecified atom stereocenters. The Morgan fingerprint density at radius 2 is 2.31 bits per heavy atom. The number of ketones is 1. The maximum Gasteiger partial charge on any atom is 0.192 e. The molecule has 0 saturated heterocycles. The number of aromatic nitrogens is 1. The van der Waals surface area contributed by atoms with Gasteiger partial charge in [0.1, 0.15) is 5.76 Å². The normalized spacial score (nSPS) is 10.9. The summed E-state index contributed by atoms with van der Waals surface area (Å²) in [7, 11) is 1.89. The highest BCUT2D eigenvalue weighted by molar-refractivity contribution is 5.95. The van der Waals surface area contributed by atoms with Gasteiger partial charge in [-0.15, -0.1) is 0 Å². The highest BCUT2D eigenvalue weighted by Crippen LogP contribution is 2.05. The molecule has 16 heavy (non-hydrogen) atoms. The van der Waals surface area contributed by atoms with Crippen LogP contribution in [0.15, 0.2) is 41.1 Å². The van der Waals surface area contributed by atoms with Crippen LogP contribution in [-0.4, -0.2) is 29.3 Å². The molecule has 0 amide bonds. The fourth-order valence-corrected chi connectivity index (χ4v) is 1.56. The molecule has 0 aliphatic carbocycles. The second-order valence-electron chi connectivity index (χ2n) is 3.76. The van der Waals surface area contributed by atoms with Gasteiger partial charge < -0.3 is 9.40 Å². The van der Waals surface area contributed by atoms with E-state index in [1.165, 1.54) is 0 Å². The molecule has 1 N–H and O–H groups in total. The molecule has 4 nitrogen and oxygen atoms in total. The molecular formula is C12H14N2O2. The van der Waals surface area contributed by atoms with Gasteiger partial charge in [-0.3, -0.25) is 9.69 Å². The van der Waals surface area contributed by atoms with Gasteiger partial charge in [0.15, 0.2) is 5.78 Å². The van der Waals surface area contributed by atoms with Crippen LogP contribution >= 0.6 is 0 Å². The number of furan rings is 1. The molecule has 0 radical (unpaired) electrons. The van der Waals surface area contributed by atoms with Crippen molar-refractivity contribution >= 4 is 5.78 Å². The zero-order valence-corrected chi connectivity index (χ0v) is 9.14. The van der Waals surface area contributed by atoms with Crippen LogP contribution < -0.4 is 0 Å². The number of likely N-dealkylation sites (N-methyl/N-ethyl adjacent to an activating group) is 1. The van der Waals surface area contributed by atoms with E-state index in [-0.39, 0.29) is 5.78 Å². The summed E-state index contributed by atoms with van der Waals surface area (Å²) in [4.78, 5) is 16.6. The number of H-pyrrole nitrogens is 1. The molecule has 2 rings (SSSR count). The van der Waals surface area contributed by atoms with Crippen LogP contribution in [0.1, 0.15) is 16.2 Å². The van der Waals surface area contributed by atoms with Crippen molar-refractivity contribution in [3.8, 4) is 0 Å². The maximum atomic E-state index is 11.7. The summed E-state index contributed by atoms with van der Waals surface area (Å²) in [5.41, 5.74) is 0.645. The first-order valence-corrected chi connectivity index (χ1v) is 5.13. The highest BCUT2D eigenvalue weighted by Gasteiger charge is 2.10. The van der Waals surface area contributed by atoms with E-state index in [1.54, 1.807) is 18.5 Å². The third-order valence-electron chi connectivity index (χ3n) is 2.32. The summed E-state index contributed by atoms with van der Waals surface area (Å²) in [6, 6.07) is 7.34. The van der Waals surface area contributed by atoms with Crippen molar-refractivity contribution in [2.24, 2.45) is 0 Å². The Balaban J connectivity index is 1.88. The SMILES string of the molecule is CN(CC(=O)c1ccc[nH]1)Cc1ccco1. The number of carbonyl (C=O) groups excluding carboxylic acids is 1. The molecular weight excluding hydrogens is 204 g/mol. The molecule has 2 aromatic heterocycles. The number of carbonyl (C=O) groups is 1. The van der Waals surface area contributed by atoms with Crippen molar-refractivity contribution in [1.29, 1.82) is 0 Å². The average molecular weight is 218 g/mol. The number of rotatable bonds is 5. The summed E-state index contributed by atoms with van der Waals surface area (Å²) in [5.74, 6) is 0.945. The number of hydrogen-bond donors (Lipinski definition) is 1. The Morgan fingerprint density at radius 3 is 2.94 bits per heavy atom. The monoisotopic (exact) mass is 218 g/mol. The lowest BCUT2D eigenvalue weighted by atomic mass is 10.2. The van der Waals surface area contributed by atoms with E-state index in [9.17, 15) is 4.79 Å². The molecule has 0 saturated carbocycles. The van der Waals surface area contributed by atoms with Crippen LogP contribution in [-0.2, 0) is 6.54 Å². The van der Waals surface area contributed by atoms with E-state index < -0.39 is 0 Å². The van der Waals surface area contributed by atoms with Gasteiger partial charge in [0.25, 0.3) is 0 Å². The predicted octanol–water partition coefficient (Wildman–Crippen LogP) is 1.92. The van der Waals surface area contributed by atoms with Crippen molar-refractivity contribution in [2.75, 3.05) is 13.6 Å². The number of nitrogens with one attached hydrogen (secondary N) is 1. The van der Waals surface area contributed by atoms with Crippen LogP contribution in [0.2, 0.25) is 0 Å². The Bertz CT molecular complexity index is 432. The van der Waals surface area contributed by atoms with Gasteiger partial charge in [-0.25, -0.2) is 0 Å². The smallest absolute Gasteiger partial charge is 0.192 e. The Kier molecular flexibility index (Phi) is 3.22. The maximum absolute atomic E-state index is 11.7. The fraction of sp³-hybridized carbons (Fsp3) is 0.250. The molecule has 0 bridgehead atoms. The largest absolute Gasteiger partial charge is 0.468 e. The van der Waals surface area contributed by atoms with E-state index in [0.29, 0.717) is 18.8 Å². The van der Waals surface area contributed by atoms with Gasteiger partial charge in [-0.05, 0) is 31.3 Å². The van der Waals surface area contributed by atoms with Crippen LogP contribution in [0.25, 0.3) is 0 Å². The van der Waals surface area contributed by atoms with Crippen LogP contribution in [0.4, 0.5) is 0 Å². The van der Waals surface area contributed by atoms with Crippen molar-refractivity contribution in [3.05, 3.63) is 48.2 Å². The van der Waals surface area contributed by atoms with Crippen LogP contribution in [0.3, 0.4) is 0 Å². The van der Waals surface area contributed by atoms with Crippen molar-refractivity contribution in [2.45, 2.75) is 6.54 Å². The Hall–Kier alpha value is -1.81. The average Bonchev–Trinajstić information content (AvgIpc) is 2.88. The lowest BCUT2D eigenvalue weighted by Crippen LogP contribution is -2.25. The van der Waals surface area contributed by atoms with Gasteiger partial charge in [-0.1, -0.05) is 0 Å². The van der Waals surface area contributed by atoms with Crippen molar-refractivity contribution in [3.63, 3.8) is 0 Å². The molecule has 0 aromatic carbocycles. The third kappa shape index (κ3) is 2.61. The summed E-state index contributed by atoms with van der Waals surface area (Å²) in [6.45, 7) is 1.01. The van der Waals surface area contributed by atoms with Gasteiger partial charge in [0.05, 0.1) is 25.0 Å². The van der Waals surface area contributed by atoms with E-state index >= 15 is 0 Å². The minimum Gasteiger partial charge on any atom is -0.468 e. The quantitative estimate of drug-likeness (QED) is 0.780. The highest BCUT2D eigenvalue weighted by atomic mass is 16.3.